The lowest BCUT2D eigenvalue weighted by molar-refractivity contribution is -0.138. The summed E-state index contributed by atoms with van der Waals surface area (Å²) in [6.45, 7) is 1.50. The fraction of sp³-hybridized carbons (Fsp3) is 0.250. The molecule has 0 saturated heterocycles. The summed E-state index contributed by atoms with van der Waals surface area (Å²) >= 11 is 0. The van der Waals surface area contributed by atoms with E-state index in [1.165, 1.54) is 12.1 Å². The van der Waals surface area contributed by atoms with Gasteiger partial charge in [-0.2, -0.15) is 13.2 Å². The largest absolute Gasteiger partial charge is 0.416 e. The molecule has 1 heterocycles. The van der Waals surface area contributed by atoms with Crippen LogP contribution >= 0.6 is 0 Å². The molecule has 1 aliphatic heterocycles. The Bertz CT molecular complexity index is 1020. The maximum absolute atomic E-state index is 13.7. The molecule has 0 atom stereocenters. The Morgan fingerprint density at radius 2 is 1.68 bits per heavy atom. The lowest BCUT2D eigenvalue weighted by Crippen LogP contribution is -2.21. The van der Waals surface area contributed by atoms with Crippen molar-refractivity contribution in [3.8, 4) is 0 Å². The maximum Gasteiger partial charge on any atom is 0.416 e. The minimum absolute atomic E-state index is 0.369. The molecule has 1 aliphatic rings. The molecule has 0 unspecified atom stereocenters. The van der Waals surface area contributed by atoms with E-state index in [0.29, 0.717) is 24.9 Å². The zero-order valence-corrected chi connectivity index (χ0v) is 15.5. The molecule has 0 bridgehead atoms. The highest BCUT2D eigenvalue weighted by Gasteiger charge is 2.34. The number of fused-ring (bicyclic) bond motifs is 1. The zero-order chi connectivity index (χ0) is 19.6. The molecule has 4 rings (SSSR count). The summed E-state index contributed by atoms with van der Waals surface area (Å²) in [4.78, 5) is 0. The van der Waals surface area contributed by atoms with Crippen molar-refractivity contribution in [1.29, 1.82) is 0 Å². The molecule has 0 aliphatic carbocycles. The smallest absolute Gasteiger partial charge is 0.313 e. The van der Waals surface area contributed by atoms with Crippen molar-refractivity contribution < 1.29 is 13.2 Å². The normalized spacial score (nSPS) is 14.9. The lowest BCUT2D eigenvalue weighted by atomic mass is 9.88. The van der Waals surface area contributed by atoms with Gasteiger partial charge in [0.05, 0.1) is 5.56 Å². The van der Waals surface area contributed by atoms with Crippen molar-refractivity contribution in [3.05, 3.63) is 89.0 Å². The first kappa shape index (κ1) is 18.8. The van der Waals surface area contributed by atoms with Crippen LogP contribution in [-0.4, -0.2) is 13.1 Å². The van der Waals surface area contributed by atoms with E-state index in [2.05, 4.69) is 11.4 Å². The SMILES string of the molecule is FC(F)(F)c1cccc(C2=CCNCC2)c1CCc1ccc2ccccc2c1. The summed E-state index contributed by atoms with van der Waals surface area (Å²) in [5, 5.41) is 5.48. The number of aryl methyl sites for hydroxylation is 1. The number of nitrogens with one attached hydrogen (secondary N) is 1. The Labute approximate surface area is 162 Å². The van der Waals surface area contributed by atoms with Crippen LogP contribution in [0.3, 0.4) is 0 Å². The van der Waals surface area contributed by atoms with E-state index < -0.39 is 11.7 Å². The predicted molar refractivity (Wildman–Crippen MR) is 108 cm³/mol. The van der Waals surface area contributed by atoms with Gasteiger partial charge in [0.1, 0.15) is 0 Å². The van der Waals surface area contributed by atoms with Crippen molar-refractivity contribution >= 4 is 16.3 Å². The molecule has 0 saturated carbocycles. The van der Waals surface area contributed by atoms with Crippen LogP contribution in [0.1, 0.15) is 28.7 Å². The number of hydrogen-bond acceptors (Lipinski definition) is 1. The highest BCUT2D eigenvalue weighted by molar-refractivity contribution is 5.83. The van der Waals surface area contributed by atoms with E-state index in [4.69, 9.17) is 0 Å². The van der Waals surface area contributed by atoms with Gasteiger partial charge in [0.2, 0.25) is 0 Å². The number of rotatable bonds is 4. The highest BCUT2D eigenvalue weighted by atomic mass is 19.4. The quantitative estimate of drug-likeness (QED) is 0.583. The van der Waals surface area contributed by atoms with Crippen LogP contribution in [0.25, 0.3) is 16.3 Å². The molecular formula is C24H22F3N. The molecule has 0 amide bonds. The average Bonchev–Trinajstić information content (AvgIpc) is 2.72. The van der Waals surface area contributed by atoms with E-state index in [1.54, 1.807) is 0 Å². The van der Waals surface area contributed by atoms with E-state index in [1.807, 2.05) is 48.5 Å². The maximum atomic E-state index is 13.7. The van der Waals surface area contributed by atoms with Crippen LogP contribution in [0, 0.1) is 0 Å². The standard InChI is InChI=1S/C24H22F3N/c25-24(26,27)23-7-3-6-21(19-12-14-28-15-13-19)22(23)11-9-17-8-10-18-4-1-2-5-20(18)16-17/h1-8,10,12,16,28H,9,11,13-15H2. The van der Waals surface area contributed by atoms with E-state index in [-0.39, 0.29) is 0 Å². The summed E-state index contributed by atoms with van der Waals surface area (Å²) in [7, 11) is 0. The third-order valence-corrected chi connectivity index (χ3v) is 5.37. The molecule has 4 heteroatoms. The zero-order valence-electron chi connectivity index (χ0n) is 15.5. The summed E-state index contributed by atoms with van der Waals surface area (Å²) < 4.78 is 41.1. The summed E-state index contributed by atoms with van der Waals surface area (Å²) in [6, 6.07) is 18.7. The second-order valence-electron chi connectivity index (χ2n) is 7.19. The van der Waals surface area contributed by atoms with E-state index >= 15 is 0 Å². The molecule has 0 fully saturated rings. The fourth-order valence-corrected chi connectivity index (χ4v) is 3.95. The molecule has 0 aromatic heterocycles. The van der Waals surface area contributed by atoms with E-state index in [0.717, 1.165) is 40.4 Å². The summed E-state index contributed by atoms with van der Waals surface area (Å²) in [5.41, 5.74) is 2.72. The van der Waals surface area contributed by atoms with Gasteiger partial charge >= 0.3 is 6.18 Å². The second-order valence-corrected chi connectivity index (χ2v) is 7.19. The number of halogens is 3. The first-order chi connectivity index (χ1) is 13.5. The van der Waals surface area contributed by atoms with Crippen LogP contribution in [0.4, 0.5) is 13.2 Å². The van der Waals surface area contributed by atoms with Gasteiger partial charge in [-0.05, 0) is 64.9 Å². The topological polar surface area (TPSA) is 12.0 Å². The first-order valence-corrected chi connectivity index (χ1v) is 9.59. The minimum Gasteiger partial charge on any atom is -0.313 e. The van der Waals surface area contributed by atoms with Gasteiger partial charge in [0.25, 0.3) is 0 Å². The third kappa shape index (κ3) is 3.97. The van der Waals surface area contributed by atoms with Crippen LogP contribution in [0.2, 0.25) is 0 Å². The summed E-state index contributed by atoms with van der Waals surface area (Å²) in [5.74, 6) is 0. The van der Waals surface area contributed by atoms with Crippen LogP contribution < -0.4 is 5.32 Å². The first-order valence-electron chi connectivity index (χ1n) is 9.59. The molecule has 3 aromatic rings. The van der Waals surface area contributed by atoms with E-state index in [9.17, 15) is 13.2 Å². The van der Waals surface area contributed by atoms with Gasteiger partial charge in [-0.15, -0.1) is 0 Å². The summed E-state index contributed by atoms with van der Waals surface area (Å²) in [6.07, 6.45) is -0.629. The van der Waals surface area contributed by atoms with Crippen molar-refractivity contribution in [2.45, 2.75) is 25.4 Å². The number of benzene rings is 3. The lowest BCUT2D eigenvalue weighted by Gasteiger charge is -2.21. The molecular weight excluding hydrogens is 359 g/mol. The van der Waals surface area contributed by atoms with Crippen molar-refractivity contribution in [2.24, 2.45) is 0 Å². The van der Waals surface area contributed by atoms with Crippen molar-refractivity contribution in [2.75, 3.05) is 13.1 Å². The Morgan fingerprint density at radius 1 is 0.857 bits per heavy atom. The molecule has 1 N–H and O–H groups in total. The Balaban J connectivity index is 1.69. The highest BCUT2D eigenvalue weighted by Crippen LogP contribution is 2.37. The number of hydrogen-bond donors (Lipinski definition) is 1. The van der Waals surface area contributed by atoms with Gasteiger partial charge in [0.15, 0.2) is 0 Å². The van der Waals surface area contributed by atoms with Gasteiger partial charge in [0, 0.05) is 6.54 Å². The van der Waals surface area contributed by atoms with Crippen molar-refractivity contribution in [1.82, 2.24) is 5.32 Å². The number of alkyl halides is 3. The van der Waals surface area contributed by atoms with Crippen LogP contribution in [0.15, 0.2) is 66.7 Å². The van der Waals surface area contributed by atoms with Gasteiger partial charge in [-0.25, -0.2) is 0 Å². The molecule has 3 aromatic carbocycles. The predicted octanol–water partition coefficient (Wildman–Crippen LogP) is 6.02. The molecule has 144 valence electrons. The second kappa shape index (κ2) is 7.80. The Kier molecular flexibility index (Phi) is 5.23. The molecule has 28 heavy (non-hydrogen) atoms. The molecule has 0 spiro atoms. The fourth-order valence-electron chi connectivity index (χ4n) is 3.95. The van der Waals surface area contributed by atoms with Gasteiger partial charge in [-0.1, -0.05) is 60.7 Å². The monoisotopic (exact) mass is 381 g/mol. The Morgan fingerprint density at radius 3 is 2.43 bits per heavy atom. The van der Waals surface area contributed by atoms with Crippen LogP contribution in [0.5, 0.6) is 0 Å². The van der Waals surface area contributed by atoms with Crippen molar-refractivity contribution in [3.63, 3.8) is 0 Å². The minimum atomic E-state index is -4.35. The molecule has 1 nitrogen and oxygen atoms in total. The van der Waals surface area contributed by atoms with Gasteiger partial charge in [-0.3, -0.25) is 0 Å². The van der Waals surface area contributed by atoms with Gasteiger partial charge < -0.3 is 5.32 Å². The third-order valence-electron chi connectivity index (χ3n) is 5.37. The average molecular weight is 381 g/mol. The van der Waals surface area contributed by atoms with Crippen LogP contribution in [-0.2, 0) is 19.0 Å². The molecule has 0 radical (unpaired) electrons. The Hall–Kier alpha value is -2.59.